The molecule has 18 heavy (non-hydrogen) atoms. The zero-order valence-corrected chi connectivity index (χ0v) is 12.6. The van der Waals surface area contributed by atoms with Gasteiger partial charge in [0.25, 0.3) is 0 Å². The molecule has 2 unspecified atom stereocenters. The van der Waals surface area contributed by atoms with Gasteiger partial charge in [-0.15, -0.1) is 0 Å². The minimum atomic E-state index is -3.20. The Labute approximate surface area is 111 Å². The van der Waals surface area contributed by atoms with Crippen LogP contribution in [-0.4, -0.2) is 61.6 Å². The molecule has 0 saturated carbocycles. The number of nitrogens with zero attached hydrogens (tertiary/aromatic N) is 2. The molecule has 5 nitrogen and oxygen atoms in total. The summed E-state index contributed by atoms with van der Waals surface area (Å²) in [6.45, 7) is 9.31. The maximum atomic E-state index is 12.3. The molecule has 0 aliphatic carbocycles. The van der Waals surface area contributed by atoms with Gasteiger partial charge in [0.1, 0.15) is 0 Å². The number of hydrogen-bond donors (Lipinski definition) is 1. The van der Waals surface area contributed by atoms with Gasteiger partial charge in [-0.25, -0.2) is 8.42 Å². The third-order valence-electron chi connectivity index (χ3n) is 3.99. The van der Waals surface area contributed by atoms with E-state index in [4.69, 9.17) is 5.73 Å². The third-order valence-corrected chi connectivity index (χ3v) is 6.44. The predicted molar refractivity (Wildman–Crippen MR) is 75.0 cm³/mol. The van der Waals surface area contributed by atoms with Crippen molar-refractivity contribution in [3.8, 4) is 0 Å². The summed E-state index contributed by atoms with van der Waals surface area (Å²) in [5, 5.41) is -0.423. The minimum absolute atomic E-state index is 0.213. The highest BCUT2D eigenvalue weighted by Crippen LogP contribution is 2.16. The molecule has 1 aliphatic heterocycles. The van der Waals surface area contributed by atoms with Crippen molar-refractivity contribution in [1.29, 1.82) is 0 Å². The van der Waals surface area contributed by atoms with Crippen LogP contribution >= 0.6 is 0 Å². The summed E-state index contributed by atoms with van der Waals surface area (Å²) in [7, 11) is -3.20. The molecule has 6 heteroatoms. The molecule has 0 aromatic heterocycles. The van der Waals surface area contributed by atoms with Crippen molar-refractivity contribution in [2.75, 3.05) is 32.7 Å². The van der Waals surface area contributed by atoms with Crippen LogP contribution in [0.15, 0.2) is 0 Å². The van der Waals surface area contributed by atoms with Crippen LogP contribution in [0.5, 0.6) is 0 Å². The second-order valence-electron chi connectivity index (χ2n) is 5.00. The van der Waals surface area contributed by atoms with E-state index in [-0.39, 0.29) is 6.54 Å². The van der Waals surface area contributed by atoms with Crippen LogP contribution in [0, 0.1) is 0 Å². The lowest BCUT2D eigenvalue weighted by Gasteiger charge is -2.38. The zero-order chi connectivity index (χ0) is 13.8. The van der Waals surface area contributed by atoms with Crippen molar-refractivity contribution >= 4 is 10.0 Å². The summed E-state index contributed by atoms with van der Waals surface area (Å²) >= 11 is 0. The van der Waals surface area contributed by atoms with Gasteiger partial charge >= 0.3 is 0 Å². The first kappa shape index (κ1) is 15.9. The van der Waals surface area contributed by atoms with Crippen molar-refractivity contribution in [2.45, 2.75) is 44.9 Å². The molecule has 2 N–H and O–H groups in total. The largest absolute Gasteiger partial charge is 0.329 e. The fourth-order valence-electron chi connectivity index (χ4n) is 2.37. The topological polar surface area (TPSA) is 66.6 Å². The summed E-state index contributed by atoms with van der Waals surface area (Å²) in [6, 6.07) is 0.534. The Morgan fingerprint density at radius 3 is 2.06 bits per heavy atom. The van der Waals surface area contributed by atoms with Gasteiger partial charge in [-0.2, -0.15) is 4.31 Å². The second-order valence-corrected chi connectivity index (χ2v) is 7.22. The van der Waals surface area contributed by atoms with Gasteiger partial charge < -0.3 is 5.73 Å². The van der Waals surface area contributed by atoms with E-state index in [1.54, 1.807) is 4.31 Å². The molecule has 0 radical (unpaired) electrons. The maximum Gasteiger partial charge on any atom is 0.218 e. The van der Waals surface area contributed by atoms with E-state index in [1.807, 2.05) is 6.92 Å². The number of nitrogens with two attached hydrogens (primary N) is 1. The lowest BCUT2D eigenvalue weighted by atomic mass is 10.2. The minimum Gasteiger partial charge on any atom is -0.329 e. The standard InChI is InChI=1S/C12H27N3O2S/c1-4-11(3)14-6-8-15(9-7-14)18(16,17)12(5-2)10-13/h11-12H,4-10,13H2,1-3H3. The first-order valence-electron chi connectivity index (χ1n) is 6.90. The lowest BCUT2D eigenvalue weighted by Crippen LogP contribution is -2.53. The Bertz CT molecular complexity index is 333. The van der Waals surface area contributed by atoms with Gasteiger partial charge in [-0.1, -0.05) is 13.8 Å². The smallest absolute Gasteiger partial charge is 0.218 e. The fourth-order valence-corrected chi connectivity index (χ4v) is 4.13. The molecule has 0 spiro atoms. The van der Waals surface area contributed by atoms with E-state index in [1.165, 1.54) is 0 Å². The molecular formula is C12H27N3O2S. The summed E-state index contributed by atoms with van der Waals surface area (Å²) in [6.07, 6.45) is 1.69. The predicted octanol–water partition coefficient (Wildman–Crippen LogP) is 0.470. The van der Waals surface area contributed by atoms with Crippen LogP contribution < -0.4 is 5.73 Å². The van der Waals surface area contributed by atoms with E-state index in [9.17, 15) is 8.42 Å². The zero-order valence-electron chi connectivity index (χ0n) is 11.8. The van der Waals surface area contributed by atoms with Crippen molar-refractivity contribution < 1.29 is 8.42 Å². The summed E-state index contributed by atoms with van der Waals surface area (Å²) < 4.78 is 26.3. The molecule has 0 aromatic carbocycles. The Hall–Kier alpha value is -0.170. The molecule has 1 saturated heterocycles. The highest BCUT2D eigenvalue weighted by molar-refractivity contribution is 7.89. The molecule has 1 aliphatic rings. The molecule has 108 valence electrons. The third kappa shape index (κ3) is 3.44. The SMILES string of the molecule is CCC(C)N1CCN(S(=O)(=O)C(CC)CN)CC1. The fraction of sp³-hybridized carbons (Fsp3) is 1.00. The Morgan fingerprint density at radius 1 is 1.11 bits per heavy atom. The van der Waals surface area contributed by atoms with Gasteiger partial charge in [-0.3, -0.25) is 4.90 Å². The van der Waals surface area contributed by atoms with E-state index in [2.05, 4.69) is 18.7 Å². The van der Waals surface area contributed by atoms with Crippen molar-refractivity contribution in [2.24, 2.45) is 5.73 Å². The normalized spacial score (nSPS) is 22.9. The number of sulfonamides is 1. The van der Waals surface area contributed by atoms with Gasteiger partial charge in [0.05, 0.1) is 5.25 Å². The highest BCUT2D eigenvalue weighted by atomic mass is 32.2. The Kier molecular flexibility index (Phi) is 6.04. The van der Waals surface area contributed by atoms with Crippen LogP contribution in [0.2, 0.25) is 0 Å². The number of hydrogen-bond acceptors (Lipinski definition) is 4. The van der Waals surface area contributed by atoms with E-state index in [0.717, 1.165) is 19.5 Å². The van der Waals surface area contributed by atoms with Crippen molar-refractivity contribution in [1.82, 2.24) is 9.21 Å². The first-order chi connectivity index (χ1) is 8.47. The highest BCUT2D eigenvalue weighted by Gasteiger charge is 2.32. The molecule has 0 aromatic rings. The molecule has 2 atom stereocenters. The molecule has 1 heterocycles. The summed E-state index contributed by atoms with van der Waals surface area (Å²) in [4.78, 5) is 2.36. The van der Waals surface area contributed by atoms with Gasteiger partial charge in [0, 0.05) is 38.8 Å². The monoisotopic (exact) mass is 277 g/mol. The van der Waals surface area contributed by atoms with Gasteiger partial charge in [-0.05, 0) is 19.8 Å². The quantitative estimate of drug-likeness (QED) is 0.766. The van der Waals surface area contributed by atoms with Crippen molar-refractivity contribution in [3.05, 3.63) is 0 Å². The van der Waals surface area contributed by atoms with Crippen LogP contribution in [-0.2, 0) is 10.0 Å². The average Bonchev–Trinajstić information content (AvgIpc) is 2.39. The Balaban J connectivity index is 2.62. The van der Waals surface area contributed by atoms with Crippen LogP contribution in [0.3, 0.4) is 0 Å². The summed E-state index contributed by atoms with van der Waals surface area (Å²) in [5.41, 5.74) is 5.56. The van der Waals surface area contributed by atoms with E-state index < -0.39 is 15.3 Å². The van der Waals surface area contributed by atoms with E-state index in [0.29, 0.717) is 25.6 Å². The molecule has 1 rings (SSSR count). The number of piperazine rings is 1. The number of rotatable bonds is 6. The molecule has 1 fully saturated rings. The van der Waals surface area contributed by atoms with Gasteiger partial charge in [0.15, 0.2) is 0 Å². The van der Waals surface area contributed by atoms with Crippen molar-refractivity contribution in [3.63, 3.8) is 0 Å². The van der Waals surface area contributed by atoms with Crippen LogP contribution in [0.25, 0.3) is 0 Å². The first-order valence-corrected chi connectivity index (χ1v) is 8.40. The second kappa shape index (κ2) is 6.84. The maximum absolute atomic E-state index is 12.3. The van der Waals surface area contributed by atoms with Gasteiger partial charge in [0.2, 0.25) is 10.0 Å². The molecule has 0 bridgehead atoms. The van der Waals surface area contributed by atoms with Crippen LogP contribution in [0.1, 0.15) is 33.6 Å². The lowest BCUT2D eigenvalue weighted by molar-refractivity contribution is 0.142. The summed E-state index contributed by atoms with van der Waals surface area (Å²) in [5.74, 6) is 0. The molecule has 0 amide bonds. The van der Waals surface area contributed by atoms with E-state index >= 15 is 0 Å². The Morgan fingerprint density at radius 2 is 1.67 bits per heavy atom. The average molecular weight is 277 g/mol. The van der Waals surface area contributed by atoms with Crippen LogP contribution in [0.4, 0.5) is 0 Å². The molecular weight excluding hydrogens is 250 g/mol.